The Hall–Kier alpha value is -2.75. The number of likely N-dealkylation sites (N-methyl/N-ethyl adjacent to an activating group) is 1. The molecule has 2 aliphatic rings. The number of aromatic nitrogens is 3. The normalized spacial score (nSPS) is 22.2. The summed E-state index contributed by atoms with van der Waals surface area (Å²) < 4.78 is 30.3. The minimum absolute atomic E-state index is 0.149. The first-order valence-electron chi connectivity index (χ1n) is 9.52. The van der Waals surface area contributed by atoms with Crippen molar-refractivity contribution in [3.05, 3.63) is 28.6 Å². The number of ether oxygens (including phenoxy) is 1. The number of benzene rings is 1. The van der Waals surface area contributed by atoms with E-state index in [1.807, 2.05) is 4.90 Å². The molecule has 8 nitrogen and oxygen atoms in total. The number of fused-ring (bicyclic) bond motifs is 1. The number of likely N-dealkylation sites (tertiary alicyclic amines) is 1. The van der Waals surface area contributed by atoms with Crippen LogP contribution in [0.2, 0.25) is 0 Å². The lowest BCUT2D eigenvalue weighted by atomic mass is 9.92. The molecule has 0 amide bonds. The highest BCUT2D eigenvalue weighted by Gasteiger charge is 2.39. The van der Waals surface area contributed by atoms with Crippen LogP contribution in [0, 0.1) is 5.92 Å². The van der Waals surface area contributed by atoms with Crippen LogP contribution in [0.5, 0.6) is 11.5 Å². The van der Waals surface area contributed by atoms with E-state index in [0.29, 0.717) is 11.7 Å². The molecule has 2 aliphatic heterocycles. The molecule has 0 spiro atoms. The second kappa shape index (κ2) is 7.58. The van der Waals surface area contributed by atoms with Gasteiger partial charge in [-0.15, -0.1) is 10.2 Å². The Morgan fingerprint density at radius 1 is 1.21 bits per heavy atom. The average molecular weight is 407 g/mol. The Balaban J connectivity index is 1.66. The standard InChI is InChI=1S/C19H23F2N5O3/c1-24-7-5-11-6-8-26(14(11)10-24)17-18(28)25(2)16(22-23-17)13-4-3-12(9-15(13)27)29-19(20)21/h3-4,9,11,14,19,27H,5-8,10H2,1-2H3/t11-,14-/m0/s1. The summed E-state index contributed by atoms with van der Waals surface area (Å²) in [6.45, 7) is -0.296. The van der Waals surface area contributed by atoms with Gasteiger partial charge in [-0.05, 0) is 44.5 Å². The maximum atomic E-state index is 13.0. The van der Waals surface area contributed by atoms with E-state index in [4.69, 9.17) is 0 Å². The van der Waals surface area contributed by atoms with E-state index in [1.54, 1.807) is 7.05 Å². The number of aromatic hydroxyl groups is 1. The molecule has 10 heteroatoms. The van der Waals surface area contributed by atoms with Crippen molar-refractivity contribution in [2.45, 2.75) is 25.5 Å². The Bertz CT molecular complexity index is 967. The molecule has 4 rings (SSSR count). The SMILES string of the molecule is CN1CC[C@H]2CCN(c3nnc(-c4ccc(OC(F)F)cc4O)n(C)c3=O)[C@H]2C1. The van der Waals surface area contributed by atoms with Crippen LogP contribution in [-0.4, -0.2) is 64.1 Å². The van der Waals surface area contributed by atoms with Crippen molar-refractivity contribution in [2.24, 2.45) is 13.0 Å². The molecule has 2 atom stereocenters. The van der Waals surface area contributed by atoms with Gasteiger partial charge in [0, 0.05) is 32.2 Å². The summed E-state index contributed by atoms with van der Waals surface area (Å²) in [5.41, 5.74) is -0.0989. The van der Waals surface area contributed by atoms with Gasteiger partial charge in [0.05, 0.1) is 5.56 Å². The quantitative estimate of drug-likeness (QED) is 0.826. The molecule has 156 valence electrons. The molecule has 2 saturated heterocycles. The molecule has 1 aromatic carbocycles. The zero-order chi connectivity index (χ0) is 20.7. The highest BCUT2D eigenvalue weighted by Crippen LogP contribution is 2.34. The van der Waals surface area contributed by atoms with Crippen LogP contribution >= 0.6 is 0 Å². The molecule has 29 heavy (non-hydrogen) atoms. The fourth-order valence-corrected chi connectivity index (χ4v) is 4.30. The maximum Gasteiger partial charge on any atom is 0.387 e. The van der Waals surface area contributed by atoms with Gasteiger partial charge in [0.25, 0.3) is 5.56 Å². The van der Waals surface area contributed by atoms with Crippen LogP contribution in [-0.2, 0) is 7.05 Å². The molecule has 3 heterocycles. The van der Waals surface area contributed by atoms with Crippen LogP contribution in [0.4, 0.5) is 14.6 Å². The van der Waals surface area contributed by atoms with E-state index in [0.717, 1.165) is 38.5 Å². The molecule has 2 aromatic rings. The zero-order valence-corrected chi connectivity index (χ0v) is 16.3. The molecule has 0 radical (unpaired) electrons. The number of nitrogens with zero attached hydrogens (tertiary/aromatic N) is 5. The van der Waals surface area contributed by atoms with Crippen molar-refractivity contribution in [3.8, 4) is 22.9 Å². The van der Waals surface area contributed by atoms with E-state index < -0.39 is 6.61 Å². The fourth-order valence-electron chi connectivity index (χ4n) is 4.30. The third-order valence-electron chi connectivity index (χ3n) is 5.83. The first-order chi connectivity index (χ1) is 13.8. The van der Waals surface area contributed by atoms with Gasteiger partial charge in [0.2, 0.25) is 5.82 Å². The van der Waals surface area contributed by atoms with E-state index in [9.17, 15) is 18.7 Å². The number of hydrogen-bond donors (Lipinski definition) is 1. The van der Waals surface area contributed by atoms with E-state index in [2.05, 4.69) is 26.9 Å². The van der Waals surface area contributed by atoms with Crippen molar-refractivity contribution < 1.29 is 18.6 Å². The summed E-state index contributed by atoms with van der Waals surface area (Å²) in [7, 11) is 3.63. The van der Waals surface area contributed by atoms with Crippen LogP contribution < -0.4 is 15.2 Å². The summed E-state index contributed by atoms with van der Waals surface area (Å²) in [6, 6.07) is 3.95. The van der Waals surface area contributed by atoms with Gasteiger partial charge < -0.3 is 19.6 Å². The Morgan fingerprint density at radius 3 is 2.69 bits per heavy atom. The van der Waals surface area contributed by atoms with Crippen molar-refractivity contribution in [3.63, 3.8) is 0 Å². The van der Waals surface area contributed by atoms with Gasteiger partial charge in [0.1, 0.15) is 11.5 Å². The summed E-state index contributed by atoms with van der Waals surface area (Å²) in [5.74, 6) is 0.493. The number of rotatable bonds is 4. The lowest BCUT2D eigenvalue weighted by molar-refractivity contribution is -0.0499. The molecule has 1 N–H and O–H groups in total. The molecular weight excluding hydrogens is 384 g/mol. The van der Waals surface area contributed by atoms with E-state index in [-0.39, 0.29) is 34.5 Å². The molecular formula is C19H23F2N5O3. The van der Waals surface area contributed by atoms with Gasteiger partial charge in [0.15, 0.2) is 5.82 Å². The lowest BCUT2D eigenvalue weighted by Crippen LogP contribution is -2.48. The summed E-state index contributed by atoms with van der Waals surface area (Å²) in [4.78, 5) is 17.3. The van der Waals surface area contributed by atoms with Crippen LogP contribution in [0.15, 0.2) is 23.0 Å². The van der Waals surface area contributed by atoms with Gasteiger partial charge in [-0.1, -0.05) is 0 Å². The van der Waals surface area contributed by atoms with Crippen LogP contribution in [0.1, 0.15) is 12.8 Å². The van der Waals surface area contributed by atoms with Crippen molar-refractivity contribution in [2.75, 3.05) is 31.6 Å². The monoisotopic (exact) mass is 407 g/mol. The van der Waals surface area contributed by atoms with E-state index >= 15 is 0 Å². The number of hydrogen-bond acceptors (Lipinski definition) is 7. The number of anilines is 1. The number of piperidine rings is 1. The predicted molar refractivity (Wildman–Crippen MR) is 102 cm³/mol. The van der Waals surface area contributed by atoms with Crippen molar-refractivity contribution in [1.82, 2.24) is 19.7 Å². The molecule has 0 saturated carbocycles. The second-order valence-corrected chi connectivity index (χ2v) is 7.63. The Morgan fingerprint density at radius 2 is 1.97 bits per heavy atom. The van der Waals surface area contributed by atoms with Gasteiger partial charge in [-0.3, -0.25) is 9.36 Å². The van der Waals surface area contributed by atoms with Gasteiger partial charge in [-0.2, -0.15) is 8.78 Å². The molecule has 0 bridgehead atoms. The van der Waals surface area contributed by atoms with Crippen molar-refractivity contribution in [1.29, 1.82) is 0 Å². The molecule has 0 aliphatic carbocycles. The summed E-state index contributed by atoms with van der Waals surface area (Å²) in [5, 5.41) is 18.6. The van der Waals surface area contributed by atoms with Crippen molar-refractivity contribution >= 4 is 5.82 Å². The summed E-state index contributed by atoms with van der Waals surface area (Å²) in [6.07, 6.45) is 2.13. The average Bonchev–Trinajstić information content (AvgIpc) is 3.07. The first-order valence-corrected chi connectivity index (χ1v) is 9.52. The lowest BCUT2D eigenvalue weighted by Gasteiger charge is -2.36. The largest absolute Gasteiger partial charge is 0.507 e. The minimum Gasteiger partial charge on any atom is -0.507 e. The van der Waals surface area contributed by atoms with Crippen LogP contribution in [0.3, 0.4) is 0 Å². The zero-order valence-electron chi connectivity index (χ0n) is 16.3. The van der Waals surface area contributed by atoms with Crippen LogP contribution in [0.25, 0.3) is 11.4 Å². The Labute approximate surface area is 166 Å². The topological polar surface area (TPSA) is 83.7 Å². The molecule has 1 aromatic heterocycles. The predicted octanol–water partition coefficient (Wildman–Crippen LogP) is 1.68. The first kappa shape index (κ1) is 19.6. The smallest absolute Gasteiger partial charge is 0.387 e. The van der Waals surface area contributed by atoms with Gasteiger partial charge in [-0.25, -0.2) is 0 Å². The maximum absolute atomic E-state index is 13.0. The Kier molecular flexibility index (Phi) is 5.12. The second-order valence-electron chi connectivity index (χ2n) is 7.63. The number of alkyl halides is 2. The fraction of sp³-hybridized carbons (Fsp3) is 0.526. The third-order valence-corrected chi connectivity index (χ3v) is 5.83. The van der Waals surface area contributed by atoms with E-state index in [1.165, 1.54) is 16.7 Å². The number of halogens is 2. The summed E-state index contributed by atoms with van der Waals surface area (Å²) >= 11 is 0. The number of phenols is 1. The number of phenolic OH excluding ortho intramolecular Hbond substituents is 1. The highest BCUT2D eigenvalue weighted by atomic mass is 19.3. The molecule has 0 unspecified atom stereocenters. The van der Waals surface area contributed by atoms with Gasteiger partial charge >= 0.3 is 6.61 Å². The minimum atomic E-state index is -2.99. The molecule has 2 fully saturated rings. The highest BCUT2D eigenvalue weighted by molar-refractivity contribution is 5.65. The third kappa shape index (κ3) is 3.64.